The van der Waals surface area contributed by atoms with E-state index in [1.54, 1.807) is 42.6 Å². The minimum absolute atomic E-state index is 0.0429. The van der Waals surface area contributed by atoms with Crippen molar-refractivity contribution >= 4 is 17.6 Å². The predicted octanol–water partition coefficient (Wildman–Crippen LogP) is 2.86. The molecule has 0 aliphatic heterocycles. The van der Waals surface area contributed by atoms with Crippen LogP contribution >= 0.6 is 0 Å². The van der Waals surface area contributed by atoms with Gasteiger partial charge in [0.05, 0.1) is 25.0 Å². The molecule has 2 heterocycles. The number of aromatic nitrogens is 3. The fourth-order valence-corrected chi connectivity index (χ4v) is 2.95. The minimum atomic E-state index is -2.46. The molecule has 2 aromatic heterocycles. The van der Waals surface area contributed by atoms with Crippen LogP contribution in [-0.4, -0.2) is 46.9 Å². The summed E-state index contributed by atoms with van der Waals surface area (Å²) in [6.07, 6.45) is 1.60. The molecule has 1 aromatic carbocycles. The second kappa shape index (κ2) is 11.0. The van der Waals surface area contributed by atoms with Crippen molar-refractivity contribution in [1.29, 1.82) is 0 Å². The number of nitrogens with one attached hydrogen (secondary N) is 2. The van der Waals surface area contributed by atoms with Crippen molar-refractivity contribution < 1.29 is 23.1 Å². The van der Waals surface area contributed by atoms with Crippen LogP contribution in [0.2, 0.25) is 0 Å². The Kier molecular flexibility index (Phi) is 7.87. The van der Waals surface area contributed by atoms with Gasteiger partial charge in [-0.3, -0.25) is 4.79 Å². The average molecular weight is 441 g/mol. The molecule has 3 aromatic rings. The fourth-order valence-electron chi connectivity index (χ4n) is 2.95. The molecular formula is C22H21F2N5O3. The molecule has 1 amide bonds. The van der Waals surface area contributed by atoms with E-state index < -0.39 is 18.3 Å². The van der Waals surface area contributed by atoms with Crippen molar-refractivity contribution in [2.45, 2.75) is 19.4 Å². The number of anilines is 1. The summed E-state index contributed by atoms with van der Waals surface area (Å²) in [7, 11) is 1.21. The Morgan fingerprint density at radius 2 is 1.97 bits per heavy atom. The highest BCUT2D eigenvalue weighted by molar-refractivity contribution is 6.01. The number of hydrogen-bond acceptors (Lipinski definition) is 7. The lowest BCUT2D eigenvalue weighted by Gasteiger charge is -2.12. The number of ether oxygens (including phenoxy) is 1. The molecule has 3 rings (SSSR count). The maximum absolute atomic E-state index is 12.7. The lowest BCUT2D eigenvalue weighted by molar-refractivity contribution is -0.115. The van der Waals surface area contributed by atoms with Gasteiger partial charge < -0.3 is 15.4 Å². The Balaban J connectivity index is 1.77. The van der Waals surface area contributed by atoms with E-state index in [0.717, 1.165) is 5.69 Å². The third-order valence-electron chi connectivity index (χ3n) is 4.43. The number of nitrogens with zero attached hydrogens (tertiary/aromatic N) is 3. The van der Waals surface area contributed by atoms with E-state index in [2.05, 4.69) is 25.6 Å². The third-order valence-corrected chi connectivity index (χ3v) is 4.43. The summed E-state index contributed by atoms with van der Waals surface area (Å²) >= 11 is 0. The first kappa shape index (κ1) is 22.9. The molecule has 10 heteroatoms. The highest BCUT2D eigenvalue weighted by Crippen LogP contribution is 2.26. The van der Waals surface area contributed by atoms with Crippen LogP contribution in [0.25, 0.3) is 11.1 Å². The Hall–Kier alpha value is -3.79. The lowest BCUT2D eigenvalue weighted by Crippen LogP contribution is -2.28. The molecule has 0 radical (unpaired) electrons. The zero-order valence-electron chi connectivity index (χ0n) is 17.2. The highest BCUT2D eigenvalue weighted by Gasteiger charge is 2.17. The number of halogens is 2. The van der Waals surface area contributed by atoms with Crippen molar-refractivity contribution in [3.63, 3.8) is 0 Å². The van der Waals surface area contributed by atoms with Crippen LogP contribution in [0.4, 0.5) is 14.5 Å². The molecule has 0 saturated carbocycles. The molecule has 2 N–H and O–H groups in total. The van der Waals surface area contributed by atoms with Gasteiger partial charge in [-0.1, -0.05) is 24.3 Å². The first-order chi connectivity index (χ1) is 15.5. The quantitative estimate of drug-likeness (QED) is 0.492. The Morgan fingerprint density at radius 3 is 2.69 bits per heavy atom. The number of hydrogen-bond donors (Lipinski definition) is 2. The summed E-state index contributed by atoms with van der Waals surface area (Å²) in [6.45, 7) is 0.313. The third kappa shape index (κ3) is 6.35. The zero-order chi connectivity index (χ0) is 22.9. The van der Waals surface area contributed by atoms with E-state index in [4.69, 9.17) is 4.74 Å². The van der Waals surface area contributed by atoms with Crippen LogP contribution in [0.15, 0.2) is 55.1 Å². The Bertz CT molecular complexity index is 1080. The second-order valence-electron chi connectivity index (χ2n) is 6.76. The summed E-state index contributed by atoms with van der Waals surface area (Å²) in [4.78, 5) is 36.5. The second-order valence-corrected chi connectivity index (χ2v) is 6.76. The normalized spacial score (nSPS) is 10.8. The van der Waals surface area contributed by atoms with Gasteiger partial charge in [-0.25, -0.2) is 28.5 Å². The molecule has 0 unspecified atom stereocenters. The van der Waals surface area contributed by atoms with Crippen molar-refractivity contribution in [1.82, 2.24) is 20.3 Å². The molecule has 0 bridgehead atoms. The van der Waals surface area contributed by atoms with E-state index in [1.165, 1.54) is 19.6 Å². The van der Waals surface area contributed by atoms with Crippen molar-refractivity contribution in [3.05, 3.63) is 72.1 Å². The summed E-state index contributed by atoms with van der Waals surface area (Å²) in [5, 5.41) is 5.60. The SMILES string of the molecule is COC(=O)c1ncc(-c2cccc(CC(F)F)c2)cc1NC(=O)CNCc1ccncn1. The smallest absolute Gasteiger partial charge is 0.358 e. The van der Waals surface area contributed by atoms with Crippen molar-refractivity contribution in [3.8, 4) is 11.1 Å². The van der Waals surface area contributed by atoms with E-state index in [1.807, 2.05) is 0 Å². The zero-order valence-corrected chi connectivity index (χ0v) is 17.2. The van der Waals surface area contributed by atoms with E-state index in [-0.39, 0.29) is 24.3 Å². The largest absolute Gasteiger partial charge is 0.464 e. The number of alkyl halides is 2. The molecule has 32 heavy (non-hydrogen) atoms. The van der Waals surface area contributed by atoms with Gasteiger partial charge in [-0.2, -0.15) is 0 Å². The van der Waals surface area contributed by atoms with Crippen LogP contribution < -0.4 is 10.6 Å². The maximum atomic E-state index is 12.7. The van der Waals surface area contributed by atoms with Crippen LogP contribution in [0, 0.1) is 0 Å². The van der Waals surface area contributed by atoms with Crippen molar-refractivity contribution in [2.75, 3.05) is 19.0 Å². The standard InChI is InChI=1S/C22H21F2N5O3/c1-32-22(31)21-18(29-20(30)12-26-11-17-5-6-25-13-28-17)9-16(10-27-21)15-4-2-3-14(7-15)8-19(23)24/h2-7,9-10,13,19,26H,8,11-12H2,1H3,(H,29,30). The van der Waals surface area contributed by atoms with E-state index in [0.29, 0.717) is 23.2 Å². The summed E-state index contributed by atoms with van der Waals surface area (Å²) in [5.74, 6) is -1.12. The van der Waals surface area contributed by atoms with E-state index >= 15 is 0 Å². The maximum Gasteiger partial charge on any atom is 0.358 e. The van der Waals surface area contributed by atoms with Gasteiger partial charge in [0.15, 0.2) is 5.69 Å². The molecule has 166 valence electrons. The first-order valence-electron chi connectivity index (χ1n) is 9.67. The number of benzene rings is 1. The molecule has 0 saturated heterocycles. The van der Waals surface area contributed by atoms with Crippen LogP contribution in [0.3, 0.4) is 0 Å². The molecule has 0 spiro atoms. The first-order valence-corrected chi connectivity index (χ1v) is 9.67. The molecule has 0 aliphatic carbocycles. The predicted molar refractivity (Wildman–Crippen MR) is 113 cm³/mol. The molecule has 8 nitrogen and oxygen atoms in total. The van der Waals surface area contributed by atoms with Gasteiger partial charge in [0.2, 0.25) is 12.3 Å². The van der Waals surface area contributed by atoms with Gasteiger partial charge in [0.1, 0.15) is 6.33 Å². The van der Waals surface area contributed by atoms with Crippen molar-refractivity contribution in [2.24, 2.45) is 0 Å². The monoisotopic (exact) mass is 441 g/mol. The van der Waals surface area contributed by atoms with Gasteiger partial charge in [0, 0.05) is 30.9 Å². The van der Waals surface area contributed by atoms with Gasteiger partial charge in [0.25, 0.3) is 0 Å². The Morgan fingerprint density at radius 1 is 1.12 bits per heavy atom. The summed E-state index contributed by atoms with van der Waals surface area (Å²) in [6, 6.07) is 9.90. The average Bonchev–Trinajstić information content (AvgIpc) is 2.79. The minimum Gasteiger partial charge on any atom is -0.464 e. The number of amides is 1. The fraction of sp³-hybridized carbons (Fsp3) is 0.227. The highest BCUT2D eigenvalue weighted by atomic mass is 19.3. The topological polar surface area (TPSA) is 106 Å². The lowest BCUT2D eigenvalue weighted by atomic mass is 10.0. The van der Waals surface area contributed by atoms with Gasteiger partial charge in [-0.15, -0.1) is 0 Å². The number of carbonyl (C=O) groups is 2. The number of carbonyl (C=O) groups excluding carboxylic acids is 2. The number of methoxy groups -OCH3 is 1. The van der Waals surface area contributed by atoms with E-state index in [9.17, 15) is 18.4 Å². The Labute approximate surface area is 183 Å². The van der Waals surface area contributed by atoms with Crippen LogP contribution in [0.1, 0.15) is 21.7 Å². The number of pyridine rings is 1. The van der Waals surface area contributed by atoms with Gasteiger partial charge >= 0.3 is 5.97 Å². The van der Waals surface area contributed by atoms with Crippen LogP contribution in [0.5, 0.6) is 0 Å². The molecule has 0 atom stereocenters. The van der Waals surface area contributed by atoms with Gasteiger partial charge in [-0.05, 0) is 23.3 Å². The summed E-state index contributed by atoms with van der Waals surface area (Å²) < 4.78 is 30.2. The molecule has 0 aliphatic rings. The van der Waals surface area contributed by atoms with Crippen LogP contribution in [-0.2, 0) is 22.5 Å². The number of esters is 1. The molecule has 0 fully saturated rings. The summed E-state index contributed by atoms with van der Waals surface area (Å²) in [5.41, 5.74) is 2.46. The number of rotatable bonds is 9. The molecular weight excluding hydrogens is 420 g/mol.